The van der Waals surface area contributed by atoms with E-state index in [4.69, 9.17) is 4.74 Å². The number of pyridine rings is 1. The Labute approximate surface area is 139 Å². The monoisotopic (exact) mass is 328 g/mol. The molecule has 1 aliphatic rings. The van der Waals surface area contributed by atoms with Crippen molar-refractivity contribution in [3.63, 3.8) is 0 Å². The normalized spacial score (nSPS) is 17.6. The maximum Gasteiger partial charge on any atom is 0.257 e. The summed E-state index contributed by atoms with van der Waals surface area (Å²) in [6, 6.07) is 3.26. The summed E-state index contributed by atoms with van der Waals surface area (Å²) in [5, 5.41) is 0. The van der Waals surface area contributed by atoms with Gasteiger partial charge in [-0.1, -0.05) is 0 Å². The highest BCUT2D eigenvalue weighted by atomic mass is 16.5. The van der Waals surface area contributed by atoms with Crippen LogP contribution in [0.2, 0.25) is 0 Å². The van der Waals surface area contributed by atoms with Gasteiger partial charge < -0.3 is 14.6 Å². The lowest BCUT2D eigenvalue weighted by atomic mass is 9.94. The Kier molecular flexibility index (Phi) is 4.59. The molecule has 1 amide bonds. The molecule has 0 aromatic carbocycles. The van der Waals surface area contributed by atoms with E-state index in [-0.39, 0.29) is 17.4 Å². The molecule has 7 heteroatoms. The molecule has 126 valence electrons. The fourth-order valence-corrected chi connectivity index (χ4v) is 3.06. The lowest BCUT2D eigenvalue weighted by Crippen LogP contribution is -2.39. The second-order valence-electron chi connectivity index (χ2n) is 5.95. The molecule has 0 bridgehead atoms. The number of aryl methyl sites for hydroxylation is 1. The summed E-state index contributed by atoms with van der Waals surface area (Å²) in [5.74, 6) is 0.466. The number of hydrogen-bond acceptors (Lipinski definition) is 5. The molecule has 1 fully saturated rings. The van der Waals surface area contributed by atoms with Crippen LogP contribution in [0.3, 0.4) is 0 Å². The number of aromatic nitrogens is 3. The number of nitrogens with one attached hydrogen (secondary N) is 1. The summed E-state index contributed by atoms with van der Waals surface area (Å²) in [4.78, 5) is 37.1. The van der Waals surface area contributed by atoms with Gasteiger partial charge in [-0.15, -0.1) is 0 Å². The number of likely N-dealkylation sites (tertiary alicyclic amines) is 1. The molecule has 2 aromatic heterocycles. The first-order chi connectivity index (χ1) is 11.6. The van der Waals surface area contributed by atoms with E-state index in [1.54, 1.807) is 17.2 Å². The Bertz CT molecular complexity index is 802. The molecule has 0 aliphatic carbocycles. The van der Waals surface area contributed by atoms with Gasteiger partial charge in [-0.2, -0.15) is 0 Å². The first-order valence-corrected chi connectivity index (χ1v) is 7.93. The Balaban J connectivity index is 1.83. The van der Waals surface area contributed by atoms with Crippen molar-refractivity contribution in [1.29, 1.82) is 0 Å². The van der Waals surface area contributed by atoms with Crippen LogP contribution in [0.15, 0.2) is 29.5 Å². The fourth-order valence-electron chi connectivity index (χ4n) is 3.06. The maximum atomic E-state index is 12.9. The summed E-state index contributed by atoms with van der Waals surface area (Å²) in [5.41, 5.74) is 1.84. The van der Waals surface area contributed by atoms with Gasteiger partial charge >= 0.3 is 0 Å². The SMILES string of the molecule is COc1cnc(C)cc1C(=O)N1CCCC(c2cc(=O)[nH]cn2)C1. The van der Waals surface area contributed by atoms with Crippen molar-refractivity contribution in [2.45, 2.75) is 25.7 Å². The number of hydrogen-bond donors (Lipinski definition) is 1. The number of rotatable bonds is 3. The molecule has 3 heterocycles. The lowest BCUT2D eigenvalue weighted by molar-refractivity contribution is 0.0702. The highest BCUT2D eigenvalue weighted by Gasteiger charge is 2.28. The quantitative estimate of drug-likeness (QED) is 0.922. The van der Waals surface area contributed by atoms with E-state index >= 15 is 0 Å². The predicted octanol–water partition coefficient (Wildman–Crippen LogP) is 1.50. The van der Waals surface area contributed by atoms with Crippen LogP contribution in [0, 0.1) is 6.92 Å². The smallest absolute Gasteiger partial charge is 0.257 e. The second kappa shape index (κ2) is 6.82. The van der Waals surface area contributed by atoms with Crippen molar-refractivity contribution in [3.05, 3.63) is 52.0 Å². The number of nitrogens with zero attached hydrogens (tertiary/aromatic N) is 3. The van der Waals surface area contributed by atoms with Gasteiger partial charge in [-0.3, -0.25) is 14.6 Å². The number of amides is 1. The molecule has 2 aromatic rings. The largest absolute Gasteiger partial charge is 0.494 e. The summed E-state index contributed by atoms with van der Waals surface area (Å²) in [6.07, 6.45) is 4.76. The predicted molar refractivity (Wildman–Crippen MR) is 88.3 cm³/mol. The van der Waals surface area contributed by atoms with E-state index in [1.165, 1.54) is 19.5 Å². The summed E-state index contributed by atoms with van der Waals surface area (Å²) >= 11 is 0. The number of methoxy groups -OCH3 is 1. The number of piperidine rings is 1. The van der Waals surface area contributed by atoms with Crippen molar-refractivity contribution in [1.82, 2.24) is 19.9 Å². The molecule has 1 unspecified atom stereocenters. The Morgan fingerprint density at radius 3 is 2.96 bits per heavy atom. The summed E-state index contributed by atoms with van der Waals surface area (Å²) < 4.78 is 5.27. The minimum Gasteiger partial charge on any atom is -0.494 e. The molecule has 0 saturated carbocycles. The Morgan fingerprint density at radius 1 is 1.38 bits per heavy atom. The zero-order valence-corrected chi connectivity index (χ0v) is 13.8. The third-order valence-electron chi connectivity index (χ3n) is 4.28. The maximum absolute atomic E-state index is 12.9. The number of carbonyl (C=O) groups excluding carboxylic acids is 1. The average molecular weight is 328 g/mol. The third kappa shape index (κ3) is 3.29. The standard InChI is InChI=1S/C17H20N4O3/c1-11-6-13(15(24-2)8-18-11)17(23)21-5-3-4-12(9-21)14-7-16(22)20-10-19-14/h6-8,10,12H,3-5,9H2,1-2H3,(H,19,20,22). The molecule has 1 aliphatic heterocycles. The van der Waals surface area contributed by atoms with Gasteiger partial charge in [0.05, 0.1) is 30.9 Å². The van der Waals surface area contributed by atoms with Crippen LogP contribution in [-0.2, 0) is 0 Å². The van der Waals surface area contributed by atoms with Gasteiger partial charge in [0, 0.05) is 30.8 Å². The molecule has 1 atom stereocenters. The zero-order chi connectivity index (χ0) is 17.1. The van der Waals surface area contributed by atoms with E-state index in [1.807, 2.05) is 6.92 Å². The van der Waals surface area contributed by atoms with Gasteiger partial charge in [0.15, 0.2) is 0 Å². The van der Waals surface area contributed by atoms with Crippen LogP contribution in [0.5, 0.6) is 5.75 Å². The Hall–Kier alpha value is -2.70. The van der Waals surface area contributed by atoms with E-state index in [2.05, 4.69) is 15.0 Å². The molecule has 24 heavy (non-hydrogen) atoms. The molecule has 1 N–H and O–H groups in total. The summed E-state index contributed by atoms with van der Waals surface area (Å²) in [6.45, 7) is 3.07. The highest BCUT2D eigenvalue weighted by Crippen LogP contribution is 2.27. The molecular formula is C17H20N4O3. The van der Waals surface area contributed by atoms with E-state index in [0.29, 0.717) is 24.4 Å². The molecule has 1 saturated heterocycles. The van der Waals surface area contributed by atoms with Crippen LogP contribution < -0.4 is 10.3 Å². The average Bonchev–Trinajstić information content (AvgIpc) is 2.61. The molecule has 3 rings (SSSR count). The van der Waals surface area contributed by atoms with Gasteiger partial charge in [0.1, 0.15) is 5.75 Å². The minimum absolute atomic E-state index is 0.0685. The van der Waals surface area contributed by atoms with Crippen molar-refractivity contribution in [3.8, 4) is 5.75 Å². The van der Waals surface area contributed by atoms with Crippen LogP contribution in [0.4, 0.5) is 0 Å². The van der Waals surface area contributed by atoms with Crippen molar-refractivity contribution in [2.75, 3.05) is 20.2 Å². The van der Waals surface area contributed by atoms with Crippen LogP contribution in [-0.4, -0.2) is 46.0 Å². The van der Waals surface area contributed by atoms with E-state index in [9.17, 15) is 9.59 Å². The third-order valence-corrected chi connectivity index (χ3v) is 4.28. The zero-order valence-electron chi connectivity index (χ0n) is 13.8. The number of H-pyrrole nitrogens is 1. The fraction of sp³-hybridized carbons (Fsp3) is 0.412. The lowest BCUT2D eigenvalue weighted by Gasteiger charge is -2.32. The van der Waals surface area contributed by atoms with Crippen molar-refractivity contribution >= 4 is 5.91 Å². The summed E-state index contributed by atoms with van der Waals surface area (Å²) in [7, 11) is 1.53. The first kappa shape index (κ1) is 16.2. The van der Waals surface area contributed by atoms with Crippen LogP contribution >= 0.6 is 0 Å². The molecule has 0 radical (unpaired) electrons. The van der Waals surface area contributed by atoms with Gasteiger partial charge in [-0.25, -0.2) is 4.98 Å². The van der Waals surface area contributed by atoms with Gasteiger partial charge in [-0.05, 0) is 25.8 Å². The van der Waals surface area contributed by atoms with E-state index < -0.39 is 0 Å². The first-order valence-electron chi connectivity index (χ1n) is 7.93. The van der Waals surface area contributed by atoms with Gasteiger partial charge in [0.2, 0.25) is 0 Å². The van der Waals surface area contributed by atoms with Crippen molar-refractivity contribution in [2.24, 2.45) is 0 Å². The highest BCUT2D eigenvalue weighted by molar-refractivity contribution is 5.97. The number of carbonyl (C=O) groups is 1. The number of ether oxygens (including phenoxy) is 1. The minimum atomic E-state index is -0.171. The van der Waals surface area contributed by atoms with Crippen LogP contribution in [0.25, 0.3) is 0 Å². The van der Waals surface area contributed by atoms with Crippen LogP contribution in [0.1, 0.15) is 40.5 Å². The second-order valence-corrected chi connectivity index (χ2v) is 5.95. The van der Waals surface area contributed by atoms with Gasteiger partial charge in [0.25, 0.3) is 11.5 Å². The molecule has 0 spiro atoms. The molecular weight excluding hydrogens is 308 g/mol. The Morgan fingerprint density at radius 2 is 2.21 bits per heavy atom. The molecule has 7 nitrogen and oxygen atoms in total. The van der Waals surface area contributed by atoms with E-state index in [0.717, 1.165) is 24.2 Å². The topological polar surface area (TPSA) is 88.2 Å². The number of aromatic amines is 1. The van der Waals surface area contributed by atoms with Crippen molar-refractivity contribution < 1.29 is 9.53 Å².